The van der Waals surface area contributed by atoms with E-state index in [1.54, 1.807) is 0 Å². The van der Waals surface area contributed by atoms with Gasteiger partial charge in [0.15, 0.2) is 0 Å². The van der Waals surface area contributed by atoms with Crippen molar-refractivity contribution in [2.75, 3.05) is 6.54 Å². The van der Waals surface area contributed by atoms with Crippen LogP contribution in [0.2, 0.25) is 0 Å². The summed E-state index contributed by atoms with van der Waals surface area (Å²) in [5.41, 5.74) is 0. The van der Waals surface area contributed by atoms with Crippen molar-refractivity contribution in [3.05, 3.63) is 0 Å². The van der Waals surface area contributed by atoms with Crippen molar-refractivity contribution in [3.8, 4) is 0 Å². The Hall–Kier alpha value is -1.26. The standard InChI is InChI=1S/C14H26N2O3/c1-3-5-11(13(17)18)9-15-14(19)16-12-7-4-6-10(2)8-12/h10-12H,3-9H2,1-2H3,(H,17,18)(H2,15,16,19). The van der Waals surface area contributed by atoms with Gasteiger partial charge in [0.25, 0.3) is 0 Å². The van der Waals surface area contributed by atoms with Crippen LogP contribution in [0.3, 0.4) is 0 Å². The summed E-state index contributed by atoms with van der Waals surface area (Å²) >= 11 is 0. The van der Waals surface area contributed by atoms with Crippen molar-refractivity contribution in [3.63, 3.8) is 0 Å². The van der Waals surface area contributed by atoms with Crippen molar-refractivity contribution in [1.82, 2.24) is 10.6 Å². The van der Waals surface area contributed by atoms with E-state index >= 15 is 0 Å². The third kappa shape index (κ3) is 5.94. The number of carboxylic acid groups (broad SMARTS) is 1. The first-order chi connectivity index (χ1) is 9.02. The molecule has 0 spiro atoms. The molecule has 0 bridgehead atoms. The lowest BCUT2D eigenvalue weighted by molar-refractivity contribution is -0.141. The molecule has 3 unspecified atom stereocenters. The molecule has 0 aromatic carbocycles. The van der Waals surface area contributed by atoms with Gasteiger partial charge in [0.2, 0.25) is 0 Å². The first-order valence-electron chi connectivity index (χ1n) is 7.30. The second kappa shape index (κ2) is 8.02. The molecule has 5 heteroatoms. The lowest BCUT2D eigenvalue weighted by Crippen LogP contribution is -2.45. The van der Waals surface area contributed by atoms with Gasteiger partial charge in [0.1, 0.15) is 0 Å². The quantitative estimate of drug-likeness (QED) is 0.693. The number of hydrogen-bond donors (Lipinski definition) is 3. The van der Waals surface area contributed by atoms with Crippen molar-refractivity contribution < 1.29 is 14.7 Å². The Balaban J connectivity index is 2.28. The fourth-order valence-corrected chi connectivity index (χ4v) is 2.68. The molecule has 0 aromatic rings. The molecule has 1 aliphatic carbocycles. The lowest BCUT2D eigenvalue weighted by Gasteiger charge is -2.27. The zero-order chi connectivity index (χ0) is 14.3. The topological polar surface area (TPSA) is 78.4 Å². The molecule has 0 saturated heterocycles. The summed E-state index contributed by atoms with van der Waals surface area (Å²) in [6.45, 7) is 4.35. The summed E-state index contributed by atoms with van der Waals surface area (Å²) in [5, 5.41) is 14.6. The van der Waals surface area contributed by atoms with E-state index in [-0.39, 0.29) is 18.6 Å². The highest BCUT2D eigenvalue weighted by Gasteiger charge is 2.21. The molecule has 0 aliphatic heterocycles. The van der Waals surface area contributed by atoms with Gasteiger partial charge in [0.05, 0.1) is 5.92 Å². The molecule has 0 heterocycles. The second-order valence-electron chi connectivity index (χ2n) is 5.65. The Morgan fingerprint density at radius 2 is 2.11 bits per heavy atom. The number of aliphatic carboxylic acids is 1. The summed E-state index contributed by atoms with van der Waals surface area (Å²) in [5.74, 6) is -0.666. The van der Waals surface area contributed by atoms with Crippen LogP contribution in [0, 0.1) is 11.8 Å². The van der Waals surface area contributed by atoms with Gasteiger partial charge < -0.3 is 15.7 Å². The second-order valence-corrected chi connectivity index (χ2v) is 5.65. The molecule has 3 N–H and O–H groups in total. The Labute approximate surface area is 115 Å². The van der Waals surface area contributed by atoms with E-state index < -0.39 is 11.9 Å². The number of rotatable bonds is 6. The van der Waals surface area contributed by atoms with Crippen LogP contribution in [0.4, 0.5) is 4.79 Å². The van der Waals surface area contributed by atoms with Crippen LogP contribution < -0.4 is 10.6 Å². The van der Waals surface area contributed by atoms with Crippen molar-refractivity contribution in [2.24, 2.45) is 11.8 Å². The number of nitrogens with one attached hydrogen (secondary N) is 2. The van der Waals surface area contributed by atoms with Crippen molar-refractivity contribution in [2.45, 2.75) is 58.4 Å². The third-order valence-corrected chi connectivity index (χ3v) is 3.77. The maximum atomic E-state index is 11.7. The van der Waals surface area contributed by atoms with Gasteiger partial charge in [-0.05, 0) is 25.2 Å². The minimum Gasteiger partial charge on any atom is -0.481 e. The van der Waals surface area contributed by atoms with E-state index in [0.717, 1.165) is 25.7 Å². The molecule has 110 valence electrons. The highest BCUT2D eigenvalue weighted by molar-refractivity contribution is 5.76. The molecule has 0 aromatic heterocycles. The summed E-state index contributed by atoms with van der Waals surface area (Å²) in [6, 6.07) is -0.000318. The first-order valence-corrected chi connectivity index (χ1v) is 7.30. The summed E-state index contributed by atoms with van der Waals surface area (Å²) in [7, 11) is 0. The summed E-state index contributed by atoms with van der Waals surface area (Å²) in [6.07, 6.45) is 5.83. The summed E-state index contributed by atoms with van der Waals surface area (Å²) in [4.78, 5) is 22.7. The average Bonchev–Trinajstić information content (AvgIpc) is 2.34. The Morgan fingerprint density at radius 3 is 2.68 bits per heavy atom. The number of amides is 2. The fourth-order valence-electron chi connectivity index (χ4n) is 2.68. The molecule has 1 aliphatic rings. The fraction of sp³-hybridized carbons (Fsp3) is 0.857. The van der Waals surface area contributed by atoms with Gasteiger partial charge in [-0.3, -0.25) is 4.79 Å². The monoisotopic (exact) mass is 270 g/mol. The largest absolute Gasteiger partial charge is 0.481 e. The Morgan fingerprint density at radius 1 is 1.37 bits per heavy atom. The average molecular weight is 270 g/mol. The van der Waals surface area contributed by atoms with Gasteiger partial charge in [-0.15, -0.1) is 0 Å². The molecule has 1 rings (SSSR count). The molecule has 2 amide bonds. The van der Waals surface area contributed by atoms with E-state index in [1.165, 1.54) is 6.42 Å². The molecular formula is C14H26N2O3. The summed E-state index contributed by atoms with van der Waals surface area (Å²) < 4.78 is 0. The van der Waals surface area contributed by atoms with Crippen molar-refractivity contribution in [1.29, 1.82) is 0 Å². The minimum absolute atomic E-state index is 0.206. The first kappa shape index (κ1) is 15.8. The number of carbonyl (C=O) groups is 2. The maximum Gasteiger partial charge on any atom is 0.315 e. The van der Waals surface area contributed by atoms with Gasteiger partial charge >= 0.3 is 12.0 Å². The van der Waals surface area contributed by atoms with Gasteiger partial charge in [-0.1, -0.05) is 33.1 Å². The number of urea groups is 1. The Kier molecular flexibility index (Phi) is 6.67. The van der Waals surface area contributed by atoms with Crippen LogP contribution >= 0.6 is 0 Å². The molecule has 5 nitrogen and oxygen atoms in total. The highest BCUT2D eigenvalue weighted by Crippen LogP contribution is 2.23. The highest BCUT2D eigenvalue weighted by atomic mass is 16.4. The smallest absolute Gasteiger partial charge is 0.315 e. The number of carbonyl (C=O) groups excluding carboxylic acids is 1. The van der Waals surface area contributed by atoms with Crippen LogP contribution in [0.25, 0.3) is 0 Å². The number of carboxylic acids is 1. The normalized spacial score (nSPS) is 24.5. The molecular weight excluding hydrogens is 244 g/mol. The Bertz CT molecular complexity index is 307. The van der Waals surface area contributed by atoms with E-state index in [2.05, 4.69) is 17.6 Å². The van der Waals surface area contributed by atoms with Crippen LogP contribution in [-0.2, 0) is 4.79 Å². The molecule has 3 atom stereocenters. The zero-order valence-electron chi connectivity index (χ0n) is 11.9. The van der Waals surface area contributed by atoms with Crippen LogP contribution in [0.1, 0.15) is 52.4 Å². The maximum absolute atomic E-state index is 11.7. The number of hydrogen-bond acceptors (Lipinski definition) is 2. The SMILES string of the molecule is CCCC(CNC(=O)NC1CCCC(C)C1)C(=O)O. The van der Waals surface area contributed by atoms with Gasteiger partial charge in [0, 0.05) is 12.6 Å². The van der Waals surface area contributed by atoms with E-state index in [4.69, 9.17) is 5.11 Å². The van der Waals surface area contributed by atoms with Gasteiger partial charge in [-0.2, -0.15) is 0 Å². The minimum atomic E-state index is -0.839. The molecule has 1 fully saturated rings. The van der Waals surface area contributed by atoms with Gasteiger partial charge in [-0.25, -0.2) is 4.79 Å². The van der Waals surface area contributed by atoms with E-state index in [1.807, 2.05) is 6.92 Å². The molecule has 19 heavy (non-hydrogen) atoms. The third-order valence-electron chi connectivity index (χ3n) is 3.77. The predicted molar refractivity (Wildman–Crippen MR) is 74.0 cm³/mol. The van der Waals surface area contributed by atoms with E-state index in [9.17, 15) is 9.59 Å². The van der Waals surface area contributed by atoms with E-state index in [0.29, 0.717) is 12.3 Å². The lowest BCUT2D eigenvalue weighted by atomic mass is 9.87. The molecule has 1 saturated carbocycles. The zero-order valence-corrected chi connectivity index (χ0v) is 11.9. The van der Waals surface area contributed by atoms with Crippen LogP contribution in [0.15, 0.2) is 0 Å². The van der Waals surface area contributed by atoms with Crippen LogP contribution in [0.5, 0.6) is 0 Å². The van der Waals surface area contributed by atoms with Crippen LogP contribution in [-0.4, -0.2) is 29.7 Å². The predicted octanol–water partition coefficient (Wildman–Crippen LogP) is 2.37. The van der Waals surface area contributed by atoms with Crippen molar-refractivity contribution >= 4 is 12.0 Å². The molecule has 0 radical (unpaired) electrons.